The molecular formula is C15H15N7O2. The molecule has 4 aromatic rings. The Balaban J connectivity index is 1.44. The van der Waals surface area contributed by atoms with Gasteiger partial charge in [-0.2, -0.15) is 10.1 Å². The number of aromatic nitrogens is 7. The first-order valence-corrected chi connectivity index (χ1v) is 7.63. The summed E-state index contributed by atoms with van der Waals surface area (Å²) in [6.45, 7) is 2.59. The number of furan rings is 1. The quantitative estimate of drug-likeness (QED) is 0.578. The Morgan fingerprint density at radius 3 is 2.92 bits per heavy atom. The number of hydrogen-bond acceptors (Lipinski definition) is 7. The topological polar surface area (TPSA) is 111 Å². The Kier molecular flexibility index (Phi) is 3.66. The van der Waals surface area contributed by atoms with E-state index < -0.39 is 0 Å². The summed E-state index contributed by atoms with van der Waals surface area (Å²) in [7, 11) is 0. The minimum absolute atomic E-state index is 0.615. The molecule has 24 heavy (non-hydrogen) atoms. The highest BCUT2D eigenvalue weighted by Gasteiger charge is 2.12. The minimum Gasteiger partial charge on any atom is -0.453 e. The van der Waals surface area contributed by atoms with Gasteiger partial charge in [0, 0.05) is 25.6 Å². The summed E-state index contributed by atoms with van der Waals surface area (Å²) < 4.78 is 12.6. The molecule has 0 atom stereocenters. The van der Waals surface area contributed by atoms with Crippen molar-refractivity contribution < 1.29 is 8.94 Å². The molecule has 0 spiro atoms. The maximum absolute atomic E-state index is 5.78. The summed E-state index contributed by atoms with van der Waals surface area (Å²) in [4.78, 5) is 4.27. The summed E-state index contributed by atoms with van der Waals surface area (Å²) in [5.74, 6) is 2.67. The van der Waals surface area contributed by atoms with E-state index in [1.165, 1.54) is 0 Å². The molecule has 0 amide bonds. The maximum atomic E-state index is 5.78. The van der Waals surface area contributed by atoms with Crippen molar-refractivity contribution in [3.8, 4) is 22.9 Å². The highest BCUT2D eigenvalue weighted by atomic mass is 16.5. The van der Waals surface area contributed by atoms with Crippen LogP contribution in [0, 0.1) is 0 Å². The largest absolute Gasteiger partial charge is 0.453 e. The summed E-state index contributed by atoms with van der Waals surface area (Å²) in [6.07, 6.45) is 4.87. The van der Waals surface area contributed by atoms with Crippen LogP contribution in [0.3, 0.4) is 0 Å². The number of nitrogens with one attached hydrogen (secondary N) is 1. The van der Waals surface area contributed by atoms with Crippen LogP contribution in [0.25, 0.3) is 22.9 Å². The third-order valence-electron chi connectivity index (χ3n) is 3.54. The van der Waals surface area contributed by atoms with Gasteiger partial charge in [0.05, 0.1) is 6.20 Å². The van der Waals surface area contributed by atoms with Crippen molar-refractivity contribution in [1.82, 2.24) is 35.3 Å². The summed E-state index contributed by atoms with van der Waals surface area (Å²) in [6, 6.07) is 5.57. The van der Waals surface area contributed by atoms with Crippen molar-refractivity contribution in [3.05, 3.63) is 42.3 Å². The molecule has 0 saturated carbocycles. The normalized spacial score (nSPS) is 11.2. The standard InChI is InChI=1S/C15H15N7O2/c1-2-15-17-14(20-24-15)6-8-22-9-11(19-21-22)13-4-3-12(23-13)10-5-7-16-18-10/h3-5,7,9H,2,6,8H2,1H3,(H,16,18). The van der Waals surface area contributed by atoms with Crippen molar-refractivity contribution in [2.24, 2.45) is 0 Å². The van der Waals surface area contributed by atoms with Crippen molar-refractivity contribution in [1.29, 1.82) is 0 Å². The summed E-state index contributed by atoms with van der Waals surface area (Å²) in [5.41, 5.74) is 1.49. The fourth-order valence-electron chi connectivity index (χ4n) is 2.28. The number of aromatic amines is 1. The van der Waals surface area contributed by atoms with Crippen molar-refractivity contribution >= 4 is 0 Å². The van der Waals surface area contributed by atoms with Crippen LogP contribution in [0.1, 0.15) is 18.6 Å². The Labute approximate surface area is 136 Å². The van der Waals surface area contributed by atoms with Crippen molar-refractivity contribution in [2.75, 3.05) is 0 Å². The molecule has 0 aromatic carbocycles. The Morgan fingerprint density at radius 1 is 1.21 bits per heavy atom. The van der Waals surface area contributed by atoms with Gasteiger partial charge in [-0.3, -0.25) is 9.78 Å². The van der Waals surface area contributed by atoms with Crippen LogP contribution in [0.4, 0.5) is 0 Å². The van der Waals surface area contributed by atoms with E-state index in [0.29, 0.717) is 41.9 Å². The van der Waals surface area contributed by atoms with Gasteiger partial charge >= 0.3 is 0 Å². The predicted molar refractivity (Wildman–Crippen MR) is 82.7 cm³/mol. The lowest BCUT2D eigenvalue weighted by molar-refractivity contribution is 0.375. The van der Waals surface area contributed by atoms with E-state index in [9.17, 15) is 0 Å². The maximum Gasteiger partial charge on any atom is 0.226 e. The molecule has 0 aliphatic rings. The van der Waals surface area contributed by atoms with E-state index in [1.54, 1.807) is 10.9 Å². The molecule has 4 heterocycles. The molecule has 0 saturated heterocycles. The van der Waals surface area contributed by atoms with Gasteiger partial charge in [-0.15, -0.1) is 5.10 Å². The SMILES string of the molecule is CCc1nc(CCn2cc(-c3ccc(-c4ccn[nH]4)o3)nn2)no1. The molecule has 1 N–H and O–H groups in total. The second-order valence-corrected chi connectivity index (χ2v) is 5.21. The lowest BCUT2D eigenvalue weighted by atomic mass is 10.3. The zero-order valence-electron chi connectivity index (χ0n) is 13.0. The number of rotatable bonds is 6. The minimum atomic E-state index is 0.615. The Morgan fingerprint density at radius 2 is 2.12 bits per heavy atom. The summed E-state index contributed by atoms with van der Waals surface area (Å²) >= 11 is 0. The molecule has 9 heteroatoms. The van der Waals surface area contributed by atoms with E-state index in [0.717, 1.165) is 12.1 Å². The van der Waals surface area contributed by atoms with Crippen LogP contribution < -0.4 is 0 Å². The average molecular weight is 325 g/mol. The average Bonchev–Trinajstić information content (AvgIpc) is 3.40. The van der Waals surface area contributed by atoms with E-state index in [2.05, 4.69) is 30.7 Å². The number of nitrogens with zero attached hydrogens (tertiary/aromatic N) is 6. The molecule has 0 fully saturated rings. The molecule has 9 nitrogen and oxygen atoms in total. The lowest BCUT2D eigenvalue weighted by Crippen LogP contribution is -2.03. The van der Waals surface area contributed by atoms with Gasteiger partial charge in [0.1, 0.15) is 11.4 Å². The van der Waals surface area contributed by atoms with Crippen LogP contribution in [-0.4, -0.2) is 35.3 Å². The van der Waals surface area contributed by atoms with Gasteiger partial charge in [0.15, 0.2) is 17.3 Å². The third-order valence-corrected chi connectivity index (χ3v) is 3.54. The third kappa shape index (κ3) is 2.83. The van der Waals surface area contributed by atoms with E-state index >= 15 is 0 Å². The fourth-order valence-corrected chi connectivity index (χ4v) is 2.28. The first-order chi connectivity index (χ1) is 11.8. The molecule has 0 aliphatic carbocycles. The highest BCUT2D eigenvalue weighted by molar-refractivity contribution is 5.59. The zero-order chi connectivity index (χ0) is 16.4. The second-order valence-electron chi connectivity index (χ2n) is 5.21. The molecule has 4 rings (SSSR count). The van der Waals surface area contributed by atoms with Crippen LogP contribution in [0.15, 0.2) is 39.5 Å². The smallest absolute Gasteiger partial charge is 0.226 e. The second kappa shape index (κ2) is 6.11. The van der Waals surface area contributed by atoms with E-state index in [1.807, 2.05) is 31.3 Å². The number of aryl methyl sites for hydroxylation is 3. The molecule has 0 bridgehead atoms. The highest BCUT2D eigenvalue weighted by Crippen LogP contribution is 2.25. The van der Waals surface area contributed by atoms with Gasteiger partial charge in [-0.1, -0.05) is 17.3 Å². The molecule has 4 aromatic heterocycles. The zero-order valence-corrected chi connectivity index (χ0v) is 13.0. The van der Waals surface area contributed by atoms with Gasteiger partial charge in [0.2, 0.25) is 5.89 Å². The van der Waals surface area contributed by atoms with Crippen LogP contribution >= 0.6 is 0 Å². The van der Waals surface area contributed by atoms with E-state index in [4.69, 9.17) is 8.94 Å². The van der Waals surface area contributed by atoms with Gasteiger partial charge in [-0.05, 0) is 18.2 Å². The number of H-pyrrole nitrogens is 1. The van der Waals surface area contributed by atoms with E-state index in [-0.39, 0.29) is 0 Å². The van der Waals surface area contributed by atoms with Crippen LogP contribution in [0.5, 0.6) is 0 Å². The molecular weight excluding hydrogens is 310 g/mol. The Bertz CT molecular complexity index is 919. The Hall–Kier alpha value is -3.23. The molecule has 122 valence electrons. The van der Waals surface area contributed by atoms with Gasteiger partial charge in [-0.25, -0.2) is 0 Å². The fraction of sp³-hybridized carbons (Fsp3) is 0.267. The first kappa shape index (κ1) is 14.4. The summed E-state index contributed by atoms with van der Waals surface area (Å²) in [5, 5.41) is 18.9. The number of hydrogen-bond donors (Lipinski definition) is 1. The lowest BCUT2D eigenvalue weighted by Gasteiger charge is -1.95. The predicted octanol–water partition coefficient (Wildman–Crippen LogP) is 2.12. The van der Waals surface area contributed by atoms with Gasteiger partial charge < -0.3 is 8.94 Å². The van der Waals surface area contributed by atoms with Crippen molar-refractivity contribution in [2.45, 2.75) is 26.3 Å². The molecule has 0 aliphatic heterocycles. The van der Waals surface area contributed by atoms with Gasteiger partial charge in [0.25, 0.3) is 0 Å². The van der Waals surface area contributed by atoms with Crippen LogP contribution in [0.2, 0.25) is 0 Å². The molecule has 0 unspecified atom stereocenters. The monoisotopic (exact) mass is 325 g/mol. The van der Waals surface area contributed by atoms with Crippen molar-refractivity contribution in [3.63, 3.8) is 0 Å². The molecule has 0 radical (unpaired) electrons. The first-order valence-electron chi connectivity index (χ1n) is 7.63. The van der Waals surface area contributed by atoms with Crippen LogP contribution in [-0.2, 0) is 19.4 Å².